The molecule has 0 aromatic heterocycles. The molecule has 0 aromatic carbocycles. The maximum absolute atomic E-state index is 3.46. The minimum absolute atomic E-state index is 1.04. The van der Waals surface area contributed by atoms with E-state index in [0.717, 1.165) is 19.6 Å². The Balaban J connectivity index is 3.50. The van der Waals surface area contributed by atoms with E-state index >= 15 is 0 Å². The van der Waals surface area contributed by atoms with Gasteiger partial charge in [0, 0.05) is 18.5 Å². The number of likely N-dealkylation sites (N-methyl/N-ethyl adjacent to an activating group) is 1. The first kappa shape index (κ1) is 13.1. The summed E-state index contributed by atoms with van der Waals surface area (Å²) in [6, 6.07) is 0. The minimum atomic E-state index is 1.04. The van der Waals surface area contributed by atoms with Crippen LogP contribution in [-0.2, 0) is 0 Å². The van der Waals surface area contributed by atoms with Crippen molar-refractivity contribution in [3.63, 3.8) is 0 Å². The van der Waals surface area contributed by atoms with Gasteiger partial charge in [0.05, 0.1) is 0 Å². The second-order valence-electron chi connectivity index (χ2n) is 3.29. The quantitative estimate of drug-likeness (QED) is 0.465. The van der Waals surface area contributed by atoms with Gasteiger partial charge in [-0.1, -0.05) is 8.20 Å². The largest absolute Gasteiger partial charge is 0.320 e. The maximum atomic E-state index is 3.46. The van der Waals surface area contributed by atoms with Gasteiger partial charge < -0.3 is 10.2 Å². The van der Waals surface area contributed by atoms with Crippen molar-refractivity contribution in [3.05, 3.63) is 0 Å². The minimum Gasteiger partial charge on any atom is -0.320 e. The second-order valence-corrected chi connectivity index (χ2v) is 4.28. The van der Waals surface area contributed by atoms with E-state index in [1.165, 1.54) is 20.0 Å². The van der Waals surface area contributed by atoms with Gasteiger partial charge in [0.1, 0.15) is 0 Å². The molecule has 0 saturated carbocycles. The topological polar surface area (TPSA) is 27.3 Å². The highest BCUT2D eigenvalue weighted by Gasteiger charge is 1.97. The van der Waals surface area contributed by atoms with Gasteiger partial charge in [0.25, 0.3) is 0 Å². The van der Waals surface area contributed by atoms with Crippen molar-refractivity contribution in [2.45, 2.75) is 6.42 Å². The molecule has 13 heavy (non-hydrogen) atoms. The third-order valence-electron chi connectivity index (χ3n) is 1.67. The smallest absolute Gasteiger partial charge is 0.0368 e. The summed E-state index contributed by atoms with van der Waals surface area (Å²) in [4.78, 5) is 2.19. The number of nitrogens with one attached hydrogen (secondary N) is 2. The molecule has 0 aliphatic carbocycles. The number of hydrogen-bond acceptors (Lipinski definition) is 2. The van der Waals surface area contributed by atoms with Crippen LogP contribution in [0.3, 0.4) is 0 Å². The zero-order chi connectivity index (χ0) is 10.1. The average molecular weight is 203 g/mol. The van der Waals surface area contributed by atoms with Crippen molar-refractivity contribution in [3.8, 4) is 0 Å². The summed E-state index contributed by atoms with van der Waals surface area (Å²) in [6.07, 6.45) is 1.18. The molecule has 0 aliphatic heterocycles. The first-order valence-electron chi connectivity index (χ1n) is 4.69. The van der Waals surface area contributed by atoms with E-state index in [0.29, 0.717) is 0 Å². The normalized spacial score (nSPS) is 12.5. The molecule has 78 valence electrons. The van der Waals surface area contributed by atoms with Crippen LogP contribution in [0.2, 0.25) is 0 Å². The molecular formula is C9H22N3P. The lowest BCUT2D eigenvalue weighted by atomic mass is 10.4. The lowest BCUT2D eigenvalue weighted by Gasteiger charge is -2.13. The molecule has 0 amide bonds. The lowest BCUT2D eigenvalue weighted by Crippen LogP contribution is -2.33. The first-order chi connectivity index (χ1) is 6.20. The Morgan fingerprint density at radius 2 is 2.00 bits per heavy atom. The molecule has 4 heteroatoms. The van der Waals surface area contributed by atoms with E-state index in [2.05, 4.69) is 36.3 Å². The van der Waals surface area contributed by atoms with Crippen molar-refractivity contribution >= 4 is 13.6 Å². The molecule has 0 heterocycles. The molecule has 0 spiro atoms. The predicted molar refractivity (Wildman–Crippen MR) is 63.0 cm³/mol. The standard InChI is InChI=1S/C9H22N3P/c1-10-6-5-7-11-9(13-4)8-12(2)3/h10-11H,5-8H2,1-4H3. The summed E-state index contributed by atoms with van der Waals surface area (Å²) < 4.78 is 0. The Bertz CT molecular complexity index is 146. The van der Waals surface area contributed by atoms with E-state index < -0.39 is 0 Å². The summed E-state index contributed by atoms with van der Waals surface area (Å²) >= 11 is 0. The number of hydrogen-bond donors (Lipinski definition) is 2. The predicted octanol–water partition coefficient (Wildman–Crippen LogP) is 0.453. The van der Waals surface area contributed by atoms with Crippen LogP contribution < -0.4 is 10.6 Å². The fraction of sp³-hybridized carbons (Fsp3) is 0.889. The highest BCUT2D eigenvalue weighted by Crippen LogP contribution is 1.91. The third-order valence-corrected chi connectivity index (χ3v) is 2.51. The van der Waals surface area contributed by atoms with E-state index in [9.17, 15) is 0 Å². The summed E-state index contributed by atoms with van der Waals surface area (Å²) in [5.41, 5.74) is 1.40. The number of rotatable bonds is 7. The zero-order valence-corrected chi connectivity index (χ0v) is 10.1. The van der Waals surface area contributed by atoms with Gasteiger partial charge in [-0.15, -0.1) is 0 Å². The van der Waals surface area contributed by atoms with Gasteiger partial charge in [-0.2, -0.15) is 0 Å². The SMILES string of the molecule is CNCCCN/C(CN(C)C)=P/C. The fourth-order valence-electron chi connectivity index (χ4n) is 1.00. The van der Waals surface area contributed by atoms with Crippen LogP contribution in [0.5, 0.6) is 0 Å². The molecule has 0 radical (unpaired) electrons. The molecule has 2 N–H and O–H groups in total. The van der Waals surface area contributed by atoms with E-state index in [-0.39, 0.29) is 0 Å². The summed E-state index contributed by atoms with van der Waals surface area (Å²) in [5.74, 6) is 0. The Hall–Kier alpha value is 0.0500. The highest BCUT2D eigenvalue weighted by atomic mass is 31.1. The van der Waals surface area contributed by atoms with Gasteiger partial charge in [-0.25, -0.2) is 0 Å². The summed E-state index contributed by atoms with van der Waals surface area (Å²) in [7, 11) is 7.53. The number of nitrogens with zero attached hydrogens (tertiary/aromatic N) is 1. The van der Waals surface area contributed by atoms with Crippen LogP contribution in [0.15, 0.2) is 0 Å². The third kappa shape index (κ3) is 8.38. The van der Waals surface area contributed by atoms with Gasteiger partial charge >= 0.3 is 0 Å². The molecule has 0 rings (SSSR count). The van der Waals surface area contributed by atoms with Crippen LogP contribution in [0.1, 0.15) is 6.42 Å². The maximum Gasteiger partial charge on any atom is 0.0368 e. The first-order valence-corrected chi connectivity index (χ1v) is 6.03. The van der Waals surface area contributed by atoms with E-state index in [1.54, 1.807) is 0 Å². The zero-order valence-electron chi connectivity index (χ0n) is 9.22. The van der Waals surface area contributed by atoms with Gasteiger partial charge in [0.2, 0.25) is 0 Å². The van der Waals surface area contributed by atoms with Crippen molar-refractivity contribution in [1.29, 1.82) is 0 Å². The van der Waals surface area contributed by atoms with Crippen molar-refractivity contribution in [2.24, 2.45) is 0 Å². The summed E-state index contributed by atoms with van der Waals surface area (Å²) in [6.45, 7) is 5.37. The van der Waals surface area contributed by atoms with Gasteiger partial charge in [-0.3, -0.25) is 5.32 Å². The van der Waals surface area contributed by atoms with Crippen LogP contribution in [0, 0.1) is 0 Å². The Kier molecular flexibility index (Phi) is 8.67. The van der Waals surface area contributed by atoms with Crippen LogP contribution in [-0.4, -0.2) is 57.8 Å². The fourth-order valence-corrected chi connectivity index (χ4v) is 1.70. The monoisotopic (exact) mass is 203 g/mol. The molecule has 0 bridgehead atoms. The van der Waals surface area contributed by atoms with E-state index in [1.807, 2.05) is 7.05 Å². The Morgan fingerprint density at radius 3 is 2.46 bits per heavy atom. The molecule has 0 fully saturated rings. The average Bonchev–Trinajstić information content (AvgIpc) is 2.09. The van der Waals surface area contributed by atoms with Crippen molar-refractivity contribution in [2.75, 3.05) is 47.4 Å². The molecule has 0 atom stereocenters. The molecule has 0 unspecified atom stereocenters. The van der Waals surface area contributed by atoms with Crippen molar-refractivity contribution < 1.29 is 0 Å². The lowest BCUT2D eigenvalue weighted by molar-refractivity contribution is 0.466. The molecule has 0 aliphatic rings. The molecular weight excluding hydrogens is 181 g/mol. The van der Waals surface area contributed by atoms with E-state index in [4.69, 9.17) is 0 Å². The molecule has 0 aromatic rings. The van der Waals surface area contributed by atoms with Crippen LogP contribution in [0.25, 0.3) is 0 Å². The Labute approximate surface area is 83.7 Å². The molecule has 3 nitrogen and oxygen atoms in total. The summed E-state index contributed by atoms with van der Waals surface area (Å²) in [5, 5.41) is 6.60. The highest BCUT2D eigenvalue weighted by molar-refractivity contribution is 7.39. The van der Waals surface area contributed by atoms with Gasteiger partial charge in [0.15, 0.2) is 0 Å². The van der Waals surface area contributed by atoms with Crippen LogP contribution in [0.4, 0.5) is 0 Å². The van der Waals surface area contributed by atoms with Crippen molar-refractivity contribution in [1.82, 2.24) is 15.5 Å². The van der Waals surface area contributed by atoms with Crippen LogP contribution >= 0.6 is 8.20 Å². The molecule has 0 saturated heterocycles. The Morgan fingerprint density at radius 1 is 1.31 bits per heavy atom. The van der Waals surface area contributed by atoms with Gasteiger partial charge in [-0.05, 0) is 40.8 Å². The second kappa shape index (κ2) is 8.64.